The van der Waals surface area contributed by atoms with Crippen LogP contribution in [0.5, 0.6) is 0 Å². The number of aliphatic imine (C=N–C) groups is 2. The molecule has 13 heavy (non-hydrogen) atoms. The molecular weight excluding hydrogens is 236 g/mol. The largest absolute Gasteiger partial charge is 0.240 e. The van der Waals surface area contributed by atoms with Gasteiger partial charge in [-0.2, -0.15) is 9.98 Å². The fraction of sp³-hybridized carbons (Fsp3) is 0. The SMILES string of the molecule is O=C=Nc1cccc(Br)c1N=C=O. The first kappa shape index (κ1) is 9.55. The predicted octanol–water partition coefficient (Wildman–Crippen LogP) is 2.38. The Kier molecular flexibility index (Phi) is 3.29. The van der Waals surface area contributed by atoms with Crippen molar-refractivity contribution in [2.45, 2.75) is 0 Å². The summed E-state index contributed by atoms with van der Waals surface area (Å²) in [4.78, 5) is 26.8. The van der Waals surface area contributed by atoms with E-state index in [1.54, 1.807) is 18.2 Å². The Morgan fingerprint density at radius 3 is 2.46 bits per heavy atom. The fourth-order valence-corrected chi connectivity index (χ4v) is 1.24. The van der Waals surface area contributed by atoms with Crippen LogP contribution in [0, 0.1) is 0 Å². The van der Waals surface area contributed by atoms with E-state index in [1.807, 2.05) is 0 Å². The molecule has 0 saturated carbocycles. The maximum Gasteiger partial charge on any atom is 0.240 e. The van der Waals surface area contributed by atoms with Crippen LogP contribution in [-0.2, 0) is 9.59 Å². The van der Waals surface area contributed by atoms with E-state index in [9.17, 15) is 9.59 Å². The lowest BCUT2D eigenvalue weighted by molar-refractivity contribution is 0.564. The summed E-state index contributed by atoms with van der Waals surface area (Å²) in [6.07, 6.45) is 2.75. The third-order valence-electron chi connectivity index (χ3n) is 1.29. The van der Waals surface area contributed by atoms with Gasteiger partial charge in [0.1, 0.15) is 11.4 Å². The van der Waals surface area contributed by atoms with Crippen molar-refractivity contribution < 1.29 is 9.59 Å². The maximum absolute atomic E-state index is 10.0. The monoisotopic (exact) mass is 238 g/mol. The Bertz CT molecular complexity index is 418. The second-order valence-electron chi connectivity index (χ2n) is 2.01. The molecule has 0 spiro atoms. The third kappa shape index (κ3) is 2.20. The average molecular weight is 239 g/mol. The molecule has 0 aliphatic carbocycles. The number of halogens is 1. The van der Waals surface area contributed by atoms with E-state index in [-0.39, 0.29) is 11.4 Å². The van der Waals surface area contributed by atoms with Crippen LogP contribution in [0.4, 0.5) is 11.4 Å². The van der Waals surface area contributed by atoms with Gasteiger partial charge in [0.25, 0.3) is 0 Å². The maximum atomic E-state index is 10.0. The topological polar surface area (TPSA) is 58.9 Å². The molecule has 0 N–H and O–H groups in total. The second kappa shape index (κ2) is 4.48. The molecular formula is C8H3BrN2O2. The third-order valence-corrected chi connectivity index (χ3v) is 1.93. The fourth-order valence-electron chi connectivity index (χ4n) is 0.800. The minimum Gasteiger partial charge on any atom is -0.211 e. The highest BCUT2D eigenvalue weighted by Crippen LogP contribution is 2.34. The van der Waals surface area contributed by atoms with Gasteiger partial charge in [-0.15, -0.1) is 0 Å². The summed E-state index contributed by atoms with van der Waals surface area (Å²) in [6.45, 7) is 0. The van der Waals surface area contributed by atoms with Crippen LogP contribution >= 0.6 is 15.9 Å². The summed E-state index contributed by atoms with van der Waals surface area (Å²) in [7, 11) is 0. The number of nitrogens with zero attached hydrogens (tertiary/aromatic N) is 2. The molecule has 1 aromatic carbocycles. The van der Waals surface area contributed by atoms with Crippen molar-refractivity contribution >= 4 is 39.5 Å². The number of para-hydroxylation sites is 1. The molecule has 0 saturated heterocycles. The van der Waals surface area contributed by atoms with Gasteiger partial charge in [0.15, 0.2) is 0 Å². The highest BCUT2D eigenvalue weighted by molar-refractivity contribution is 9.10. The van der Waals surface area contributed by atoms with E-state index >= 15 is 0 Å². The highest BCUT2D eigenvalue weighted by atomic mass is 79.9. The van der Waals surface area contributed by atoms with E-state index in [2.05, 4.69) is 25.9 Å². The predicted molar refractivity (Wildman–Crippen MR) is 49.7 cm³/mol. The molecule has 0 heterocycles. The van der Waals surface area contributed by atoms with Crippen LogP contribution in [0.25, 0.3) is 0 Å². The van der Waals surface area contributed by atoms with E-state index in [0.29, 0.717) is 4.47 Å². The summed E-state index contributed by atoms with van der Waals surface area (Å²) in [6, 6.07) is 4.90. The molecule has 0 amide bonds. The molecule has 64 valence electrons. The van der Waals surface area contributed by atoms with Crippen LogP contribution in [0.15, 0.2) is 32.7 Å². The van der Waals surface area contributed by atoms with E-state index in [4.69, 9.17) is 0 Å². The summed E-state index contributed by atoms with van der Waals surface area (Å²) in [5, 5.41) is 0. The van der Waals surface area contributed by atoms with Crippen molar-refractivity contribution in [3.05, 3.63) is 22.7 Å². The van der Waals surface area contributed by atoms with Gasteiger partial charge < -0.3 is 0 Å². The van der Waals surface area contributed by atoms with Crippen LogP contribution in [-0.4, -0.2) is 12.2 Å². The zero-order chi connectivity index (χ0) is 9.68. The summed E-state index contributed by atoms with van der Waals surface area (Å²) in [5.74, 6) is 0. The first-order chi connectivity index (χ1) is 6.29. The van der Waals surface area contributed by atoms with Crippen molar-refractivity contribution in [2.75, 3.05) is 0 Å². The molecule has 0 aliphatic rings. The van der Waals surface area contributed by atoms with Crippen molar-refractivity contribution in [2.24, 2.45) is 9.98 Å². The number of hydrogen-bond donors (Lipinski definition) is 0. The van der Waals surface area contributed by atoms with E-state index in [1.165, 1.54) is 12.2 Å². The van der Waals surface area contributed by atoms with Crippen molar-refractivity contribution in [1.29, 1.82) is 0 Å². The van der Waals surface area contributed by atoms with Gasteiger partial charge in [-0.05, 0) is 28.1 Å². The molecule has 0 bridgehead atoms. The number of hydrogen-bond acceptors (Lipinski definition) is 4. The zero-order valence-electron chi connectivity index (χ0n) is 6.32. The van der Waals surface area contributed by atoms with Crippen LogP contribution in [0.2, 0.25) is 0 Å². The van der Waals surface area contributed by atoms with E-state index < -0.39 is 0 Å². The summed E-state index contributed by atoms with van der Waals surface area (Å²) < 4.78 is 0.576. The molecule has 1 aromatic rings. The van der Waals surface area contributed by atoms with Crippen LogP contribution in [0.3, 0.4) is 0 Å². The lowest BCUT2D eigenvalue weighted by Gasteiger charge is -1.97. The molecule has 0 fully saturated rings. The van der Waals surface area contributed by atoms with E-state index in [0.717, 1.165) is 0 Å². The second-order valence-corrected chi connectivity index (χ2v) is 2.87. The number of rotatable bonds is 2. The van der Waals surface area contributed by atoms with Gasteiger partial charge in [0.05, 0.1) is 0 Å². The highest BCUT2D eigenvalue weighted by Gasteiger charge is 2.03. The van der Waals surface area contributed by atoms with Crippen LogP contribution in [0.1, 0.15) is 0 Å². The number of benzene rings is 1. The van der Waals surface area contributed by atoms with Crippen molar-refractivity contribution in [1.82, 2.24) is 0 Å². The Morgan fingerprint density at radius 2 is 1.85 bits per heavy atom. The Balaban J connectivity index is 3.41. The lowest BCUT2D eigenvalue weighted by Crippen LogP contribution is -1.70. The van der Waals surface area contributed by atoms with Crippen molar-refractivity contribution in [3.63, 3.8) is 0 Å². The summed E-state index contributed by atoms with van der Waals surface area (Å²) >= 11 is 3.16. The molecule has 1 rings (SSSR count). The van der Waals surface area contributed by atoms with Gasteiger partial charge in [0, 0.05) is 4.47 Å². The molecule has 0 atom stereocenters. The van der Waals surface area contributed by atoms with Gasteiger partial charge in [-0.25, -0.2) is 9.59 Å². The van der Waals surface area contributed by atoms with Gasteiger partial charge >= 0.3 is 0 Å². The normalized spacial score (nSPS) is 8.38. The summed E-state index contributed by atoms with van der Waals surface area (Å²) in [5.41, 5.74) is 0.563. The molecule has 0 radical (unpaired) electrons. The standard InChI is InChI=1S/C8H3BrN2O2/c9-6-2-1-3-7(10-4-12)8(6)11-5-13/h1-3H. The Morgan fingerprint density at radius 1 is 1.15 bits per heavy atom. The quantitative estimate of drug-likeness (QED) is 0.587. The lowest BCUT2D eigenvalue weighted by atomic mass is 10.3. The smallest absolute Gasteiger partial charge is 0.211 e. The Hall–Kier alpha value is -1.54. The molecule has 0 aromatic heterocycles. The molecule has 4 nitrogen and oxygen atoms in total. The average Bonchev–Trinajstić information content (AvgIpc) is 2.11. The van der Waals surface area contributed by atoms with Crippen molar-refractivity contribution in [3.8, 4) is 0 Å². The molecule has 0 aliphatic heterocycles. The molecule has 5 heteroatoms. The minimum absolute atomic E-state index is 0.279. The first-order valence-corrected chi connectivity index (χ1v) is 4.03. The zero-order valence-corrected chi connectivity index (χ0v) is 7.91. The van der Waals surface area contributed by atoms with Gasteiger partial charge in [0.2, 0.25) is 12.2 Å². The first-order valence-electron chi connectivity index (χ1n) is 3.24. The van der Waals surface area contributed by atoms with Crippen LogP contribution < -0.4 is 0 Å². The number of carbonyl (C=O) groups excluding carboxylic acids is 2. The number of isocyanates is 2. The van der Waals surface area contributed by atoms with Gasteiger partial charge in [-0.1, -0.05) is 6.07 Å². The van der Waals surface area contributed by atoms with Gasteiger partial charge in [-0.3, -0.25) is 0 Å². The Labute approximate surface area is 82.1 Å². The minimum atomic E-state index is 0.279. The molecule has 0 unspecified atom stereocenters.